The van der Waals surface area contributed by atoms with Gasteiger partial charge in [0.05, 0.1) is 35.2 Å². The lowest BCUT2D eigenvalue weighted by Crippen LogP contribution is -2.24. The quantitative estimate of drug-likeness (QED) is 0.173. The highest BCUT2D eigenvalue weighted by Crippen LogP contribution is 2.45. The average molecular weight is 625 g/mol. The van der Waals surface area contributed by atoms with Crippen LogP contribution in [0.3, 0.4) is 0 Å². The van der Waals surface area contributed by atoms with E-state index in [4.69, 9.17) is 19.6 Å². The molecule has 3 aromatic carbocycles. The Morgan fingerprint density at radius 1 is 0.830 bits per heavy atom. The molecular formula is C41H44N4O2. The summed E-state index contributed by atoms with van der Waals surface area (Å²) in [4.78, 5) is 4.71. The maximum Gasteiger partial charge on any atom is 0.141 e. The lowest BCUT2D eigenvalue weighted by Gasteiger charge is -2.32. The molecule has 0 spiro atoms. The molecule has 7 rings (SSSR count). The summed E-state index contributed by atoms with van der Waals surface area (Å²) in [6.07, 6.45) is 6.57. The first-order valence-corrected chi connectivity index (χ1v) is 16.6. The Kier molecular flexibility index (Phi) is 7.70. The van der Waals surface area contributed by atoms with Gasteiger partial charge in [-0.05, 0) is 81.5 Å². The first-order valence-electron chi connectivity index (χ1n) is 16.6. The molecule has 6 aromatic rings. The van der Waals surface area contributed by atoms with Crippen LogP contribution in [-0.2, 0) is 5.41 Å². The molecule has 0 radical (unpaired) electrons. The number of rotatable bonds is 6. The highest BCUT2D eigenvalue weighted by molar-refractivity contribution is 6.09. The Balaban J connectivity index is 1.33. The van der Waals surface area contributed by atoms with Gasteiger partial charge >= 0.3 is 0 Å². The molecule has 6 nitrogen and oxygen atoms in total. The van der Waals surface area contributed by atoms with Gasteiger partial charge in [-0.3, -0.25) is 4.57 Å². The first kappa shape index (κ1) is 30.8. The highest BCUT2D eigenvalue weighted by Gasteiger charge is 2.35. The van der Waals surface area contributed by atoms with Crippen LogP contribution in [0, 0.1) is 19.8 Å². The van der Waals surface area contributed by atoms with Crippen molar-refractivity contribution in [3.05, 3.63) is 113 Å². The minimum atomic E-state index is -0.106. The van der Waals surface area contributed by atoms with Crippen molar-refractivity contribution in [3.8, 4) is 28.8 Å². The Hall–Kier alpha value is -4.84. The fourth-order valence-electron chi connectivity index (χ4n) is 7.60. The van der Waals surface area contributed by atoms with Crippen molar-refractivity contribution in [2.75, 3.05) is 7.11 Å². The zero-order valence-electron chi connectivity index (χ0n) is 28.8. The van der Waals surface area contributed by atoms with Crippen molar-refractivity contribution < 1.29 is 9.47 Å². The summed E-state index contributed by atoms with van der Waals surface area (Å²) in [5.74, 6) is 4.04. The number of hydrogen-bond donors (Lipinski definition) is 0. The minimum Gasteiger partial charge on any atom is -0.497 e. The van der Waals surface area contributed by atoms with Gasteiger partial charge in [0.25, 0.3) is 0 Å². The number of ether oxygens (including phenoxy) is 2. The van der Waals surface area contributed by atoms with E-state index in [0.29, 0.717) is 11.8 Å². The van der Waals surface area contributed by atoms with Gasteiger partial charge in [-0.1, -0.05) is 57.5 Å². The Morgan fingerprint density at radius 3 is 2.38 bits per heavy atom. The molecule has 0 bridgehead atoms. The van der Waals surface area contributed by atoms with E-state index in [2.05, 4.69) is 124 Å². The van der Waals surface area contributed by atoms with Crippen LogP contribution in [0.1, 0.15) is 75.9 Å². The third kappa shape index (κ3) is 5.50. The lowest BCUT2D eigenvalue weighted by molar-refractivity contribution is 0.414. The molecule has 1 aliphatic rings. The molecule has 0 amide bonds. The molecule has 3 heterocycles. The average Bonchev–Trinajstić information content (AvgIpc) is 3.55. The molecule has 0 N–H and O–H groups in total. The van der Waals surface area contributed by atoms with Crippen molar-refractivity contribution in [3.63, 3.8) is 0 Å². The molecule has 0 aliphatic heterocycles. The molecular weight excluding hydrogens is 580 g/mol. The van der Waals surface area contributed by atoms with Crippen LogP contribution < -0.4 is 9.47 Å². The predicted octanol–water partition coefficient (Wildman–Crippen LogP) is 10.5. The fourth-order valence-corrected chi connectivity index (χ4v) is 7.60. The van der Waals surface area contributed by atoms with E-state index in [9.17, 15) is 0 Å². The van der Waals surface area contributed by atoms with E-state index in [1.165, 1.54) is 23.3 Å². The van der Waals surface area contributed by atoms with Crippen molar-refractivity contribution in [2.24, 2.45) is 5.92 Å². The summed E-state index contributed by atoms with van der Waals surface area (Å²) >= 11 is 0. The zero-order chi connectivity index (χ0) is 33.0. The monoisotopic (exact) mass is 624 g/mol. The van der Waals surface area contributed by atoms with Crippen molar-refractivity contribution in [1.29, 1.82) is 0 Å². The number of fused-ring (bicyclic) bond motifs is 3. The number of aromatic nitrogens is 4. The summed E-state index contributed by atoms with van der Waals surface area (Å²) in [7, 11) is 1.68. The van der Waals surface area contributed by atoms with E-state index in [1.54, 1.807) is 13.3 Å². The number of para-hydroxylation sites is 1. The van der Waals surface area contributed by atoms with E-state index in [0.717, 1.165) is 68.2 Å². The van der Waals surface area contributed by atoms with Gasteiger partial charge in [-0.25, -0.2) is 9.67 Å². The Morgan fingerprint density at radius 2 is 1.62 bits per heavy atom. The second-order valence-electron chi connectivity index (χ2n) is 14.2. The molecule has 0 saturated carbocycles. The van der Waals surface area contributed by atoms with Crippen molar-refractivity contribution in [1.82, 2.24) is 19.3 Å². The smallest absolute Gasteiger partial charge is 0.141 e. The van der Waals surface area contributed by atoms with Gasteiger partial charge in [0.1, 0.15) is 23.1 Å². The maximum atomic E-state index is 6.67. The SMILES string of the molecule is COc1ccnc(-n2c3ccccc3c3ccc(Oc4cc(C)cc(-n5nc(C)c([C@@H]6C(C)=CCC[C@@H]6C)c5C(C)(C)C)c4)cc32)c1. The second-order valence-corrected chi connectivity index (χ2v) is 14.2. The Labute approximate surface area is 277 Å². The topological polar surface area (TPSA) is 54.1 Å². The molecule has 0 unspecified atom stereocenters. The van der Waals surface area contributed by atoms with E-state index in [-0.39, 0.29) is 5.41 Å². The molecule has 240 valence electrons. The van der Waals surface area contributed by atoms with Gasteiger partial charge in [-0.2, -0.15) is 5.10 Å². The number of nitrogens with zero attached hydrogens (tertiary/aromatic N) is 4. The zero-order valence-corrected chi connectivity index (χ0v) is 28.8. The van der Waals surface area contributed by atoms with Crippen LogP contribution >= 0.6 is 0 Å². The van der Waals surface area contributed by atoms with E-state index < -0.39 is 0 Å². The third-order valence-electron chi connectivity index (χ3n) is 9.62. The first-order chi connectivity index (χ1) is 22.5. The second kappa shape index (κ2) is 11.8. The predicted molar refractivity (Wildman–Crippen MR) is 192 cm³/mol. The van der Waals surface area contributed by atoms with E-state index >= 15 is 0 Å². The number of pyridine rings is 1. The third-order valence-corrected chi connectivity index (χ3v) is 9.62. The maximum absolute atomic E-state index is 6.67. The van der Waals surface area contributed by atoms with Crippen LogP contribution in [0.25, 0.3) is 33.3 Å². The fraction of sp³-hybridized carbons (Fsp3) is 0.317. The highest BCUT2D eigenvalue weighted by atomic mass is 16.5. The van der Waals surface area contributed by atoms with Crippen LogP contribution in [0.15, 0.2) is 90.6 Å². The summed E-state index contributed by atoms with van der Waals surface area (Å²) in [6, 6.07) is 25.0. The number of methoxy groups -OCH3 is 1. The van der Waals surface area contributed by atoms with Crippen LogP contribution in [0.4, 0.5) is 0 Å². The summed E-state index contributed by atoms with van der Waals surface area (Å²) in [6.45, 7) is 15.9. The summed E-state index contributed by atoms with van der Waals surface area (Å²) in [5, 5.41) is 7.52. The molecule has 6 heteroatoms. The number of aryl methyl sites for hydroxylation is 2. The lowest BCUT2D eigenvalue weighted by atomic mass is 9.72. The molecule has 0 saturated heterocycles. The van der Waals surface area contributed by atoms with Gasteiger partial charge in [0.15, 0.2) is 0 Å². The molecule has 1 aliphatic carbocycles. The minimum absolute atomic E-state index is 0.106. The normalized spacial score (nSPS) is 16.9. The van der Waals surface area contributed by atoms with Crippen LogP contribution in [-0.4, -0.2) is 26.4 Å². The largest absolute Gasteiger partial charge is 0.497 e. The summed E-state index contributed by atoms with van der Waals surface area (Å²) in [5.41, 5.74) is 9.34. The molecule has 2 atom stereocenters. The molecule has 3 aromatic heterocycles. The summed E-state index contributed by atoms with van der Waals surface area (Å²) < 4.78 is 16.5. The van der Waals surface area contributed by atoms with Crippen molar-refractivity contribution >= 4 is 21.8 Å². The van der Waals surface area contributed by atoms with Crippen LogP contribution in [0.5, 0.6) is 17.2 Å². The molecule has 0 fully saturated rings. The van der Waals surface area contributed by atoms with Crippen LogP contribution in [0.2, 0.25) is 0 Å². The van der Waals surface area contributed by atoms with Gasteiger partial charge < -0.3 is 9.47 Å². The van der Waals surface area contributed by atoms with Crippen molar-refractivity contribution in [2.45, 2.75) is 72.6 Å². The number of benzene rings is 3. The number of hydrogen-bond acceptors (Lipinski definition) is 4. The van der Waals surface area contributed by atoms with E-state index in [1.807, 2.05) is 12.1 Å². The Bertz CT molecular complexity index is 2160. The standard InChI is InChI=1S/C41H44N4O2/c1-25-20-29(45-40(41(5,6)7)39(28(4)43-45)38-26(2)12-11-13-27(38)3)22-32(21-25)47-31-16-17-34-33-14-9-10-15-35(33)44(36(34)23-31)37-24-30(46-8)18-19-42-37/h9-10,12,14-24,27,38H,11,13H2,1-8H3/t27-,38+/m0/s1. The van der Waals surface area contributed by atoms with Gasteiger partial charge in [0.2, 0.25) is 0 Å². The van der Waals surface area contributed by atoms with Gasteiger partial charge in [-0.15, -0.1) is 0 Å². The molecule has 47 heavy (non-hydrogen) atoms. The number of allylic oxidation sites excluding steroid dienone is 2. The van der Waals surface area contributed by atoms with Gasteiger partial charge in [0, 0.05) is 52.1 Å².